The van der Waals surface area contributed by atoms with E-state index in [1.54, 1.807) is 0 Å². The molecule has 14 heavy (non-hydrogen) atoms. The largest absolute Gasteiger partial charge is 0.461 e. The van der Waals surface area contributed by atoms with Crippen molar-refractivity contribution >= 4 is 5.97 Å². The lowest BCUT2D eigenvalue weighted by Gasteiger charge is -2.21. The summed E-state index contributed by atoms with van der Waals surface area (Å²) in [6.07, 6.45) is 1.39. The molecule has 0 aromatic heterocycles. The van der Waals surface area contributed by atoms with Crippen molar-refractivity contribution in [1.82, 2.24) is 0 Å². The lowest BCUT2D eigenvalue weighted by atomic mass is 10.00. The zero-order valence-electron chi connectivity index (χ0n) is 9.12. The number of unbranched alkanes of at least 4 members (excludes halogenated alkanes) is 1. The molecule has 0 radical (unpaired) electrons. The van der Waals surface area contributed by atoms with E-state index in [-0.39, 0.29) is 6.61 Å². The second-order valence-corrected chi connectivity index (χ2v) is 3.82. The van der Waals surface area contributed by atoms with Crippen molar-refractivity contribution in [3.8, 4) is 0 Å². The molecule has 2 atom stereocenters. The Labute approximate surface area is 84.9 Å². The van der Waals surface area contributed by atoms with Gasteiger partial charge in [-0.3, -0.25) is 0 Å². The van der Waals surface area contributed by atoms with Crippen molar-refractivity contribution in [2.75, 3.05) is 6.61 Å². The highest BCUT2D eigenvalue weighted by molar-refractivity contribution is 5.78. The summed E-state index contributed by atoms with van der Waals surface area (Å²) in [4.78, 5) is 11.3. The monoisotopic (exact) mass is 204 g/mol. The number of hydrogen-bond donors (Lipinski definition) is 2. The molecule has 4 nitrogen and oxygen atoms in total. The number of esters is 1. The SMILES string of the molecule is CCCCC(C)(O)C(=O)OCC(C)O. The Morgan fingerprint density at radius 1 is 1.57 bits per heavy atom. The van der Waals surface area contributed by atoms with Gasteiger partial charge in [0.2, 0.25) is 0 Å². The number of ether oxygens (including phenoxy) is 1. The fourth-order valence-corrected chi connectivity index (χ4v) is 0.975. The molecule has 0 aliphatic heterocycles. The van der Waals surface area contributed by atoms with Gasteiger partial charge in [0, 0.05) is 0 Å². The van der Waals surface area contributed by atoms with Crippen molar-refractivity contribution < 1.29 is 19.7 Å². The first-order valence-corrected chi connectivity index (χ1v) is 4.97. The molecule has 0 fully saturated rings. The van der Waals surface area contributed by atoms with E-state index in [4.69, 9.17) is 9.84 Å². The molecular formula is C10H20O4. The fourth-order valence-electron chi connectivity index (χ4n) is 0.975. The molecule has 4 heteroatoms. The Balaban J connectivity index is 3.94. The molecule has 0 aliphatic carbocycles. The number of carbonyl (C=O) groups is 1. The normalized spacial score (nSPS) is 17.2. The standard InChI is InChI=1S/C10H20O4/c1-4-5-6-10(3,13)9(12)14-7-8(2)11/h8,11,13H,4-7H2,1-3H3. The molecule has 0 saturated heterocycles. The van der Waals surface area contributed by atoms with Gasteiger partial charge in [-0.15, -0.1) is 0 Å². The first-order valence-electron chi connectivity index (χ1n) is 4.97. The van der Waals surface area contributed by atoms with Crippen LogP contribution in [0.25, 0.3) is 0 Å². The summed E-state index contributed by atoms with van der Waals surface area (Å²) in [6, 6.07) is 0. The molecule has 2 unspecified atom stereocenters. The number of rotatable bonds is 6. The van der Waals surface area contributed by atoms with E-state index in [9.17, 15) is 9.90 Å². The van der Waals surface area contributed by atoms with Crippen molar-refractivity contribution in [3.05, 3.63) is 0 Å². The van der Waals surface area contributed by atoms with Crippen LogP contribution in [0.4, 0.5) is 0 Å². The quantitative estimate of drug-likeness (QED) is 0.629. The van der Waals surface area contributed by atoms with Gasteiger partial charge < -0.3 is 14.9 Å². The topological polar surface area (TPSA) is 66.8 Å². The average Bonchev–Trinajstić information content (AvgIpc) is 2.10. The van der Waals surface area contributed by atoms with E-state index in [2.05, 4.69) is 0 Å². The minimum atomic E-state index is -1.43. The minimum absolute atomic E-state index is 0.0683. The van der Waals surface area contributed by atoms with Gasteiger partial charge in [-0.25, -0.2) is 4.79 Å². The Morgan fingerprint density at radius 2 is 2.14 bits per heavy atom. The number of aliphatic hydroxyl groups is 2. The fraction of sp³-hybridized carbons (Fsp3) is 0.900. The van der Waals surface area contributed by atoms with Crippen LogP contribution >= 0.6 is 0 Å². The first kappa shape index (κ1) is 13.4. The summed E-state index contributed by atoms with van der Waals surface area (Å²) in [5.74, 6) is -0.660. The molecular weight excluding hydrogens is 184 g/mol. The van der Waals surface area contributed by atoms with Crippen LogP contribution in [0.15, 0.2) is 0 Å². The molecule has 0 heterocycles. The Morgan fingerprint density at radius 3 is 2.57 bits per heavy atom. The predicted molar refractivity (Wildman–Crippen MR) is 52.8 cm³/mol. The van der Waals surface area contributed by atoms with Crippen molar-refractivity contribution in [3.63, 3.8) is 0 Å². The van der Waals surface area contributed by atoms with E-state index >= 15 is 0 Å². The van der Waals surface area contributed by atoms with E-state index in [0.717, 1.165) is 12.8 Å². The summed E-state index contributed by atoms with van der Waals surface area (Å²) in [5.41, 5.74) is -1.43. The Kier molecular flexibility index (Phi) is 5.72. The molecule has 84 valence electrons. The zero-order valence-corrected chi connectivity index (χ0v) is 9.12. The highest BCUT2D eigenvalue weighted by atomic mass is 16.6. The summed E-state index contributed by atoms with van der Waals surface area (Å²) < 4.78 is 4.73. The molecule has 0 spiro atoms. The number of carbonyl (C=O) groups excluding carboxylic acids is 1. The van der Waals surface area contributed by atoms with Crippen LogP contribution < -0.4 is 0 Å². The van der Waals surface area contributed by atoms with Crippen LogP contribution in [0.3, 0.4) is 0 Å². The predicted octanol–water partition coefficient (Wildman–Crippen LogP) is 0.852. The van der Waals surface area contributed by atoms with Gasteiger partial charge in [0.05, 0.1) is 6.10 Å². The summed E-state index contributed by atoms with van der Waals surface area (Å²) >= 11 is 0. The molecule has 0 aromatic rings. The van der Waals surface area contributed by atoms with Gasteiger partial charge in [0.15, 0.2) is 5.60 Å². The first-order chi connectivity index (χ1) is 6.40. The van der Waals surface area contributed by atoms with Crippen LogP contribution in [0.1, 0.15) is 40.0 Å². The Bertz CT molecular complexity index is 175. The van der Waals surface area contributed by atoms with Gasteiger partial charge in [-0.1, -0.05) is 19.8 Å². The lowest BCUT2D eigenvalue weighted by Crippen LogP contribution is -2.37. The second kappa shape index (κ2) is 5.98. The summed E-state index contributed by atoms with van der Waals surface area (Å²) in [5, 5.41) is 18.6. The molecule has 0 rings (SSSR count). The van der Waals surface area contributed by atoms with Crippen LogP contribution in [0.2, 0.25) is 0 Å². The van der Waals surface area contributed by atoms with Crippen molar-refractivity contribution in [2.24, 2.45) is 0 Å². The van der Waals surface area contributed by atoms with Crippen molar-refractivity contribution in [2.45, 2.75) is 51.7 Å². The maximum atomic E-state index is 11.3. The van der Waals surface area contributed by atoms with E-state index in [1.165, 1.54) is 13.8 Å². The lowest BCUT2D eigenvalue weighted by molar-refractivity contribution is -0.167. The van der Waals surface area contributed by atoms with Crippen LogP contribution in [0, 0.1) is 0 Å². The van der Waals surface area contributed by atoms with Gasteiger partial charge in [0.25, 0.3) is 0 Å². The van der Waals surface area contributed by atoms with Crippen molar-refractivity contribution in [1.29, 1.82) is 0 Å². The van der Waals surface area contributed by atoms with Crippen LogP contribution in [-0.4, -0.2) is 34.5 Å². The maximum absolute atomic E-state index is 11.3. The Hall–Kier alpha value is -0.610. The molecule has 0 saturated carbocycles. The number of aliphatic hydroxyl groups excluding tert-OH is 1. The van der Waals surface area contributed by atoms with Gasteiger partial charge in [-0.05, 0) is 20.3 Å². The maximum Gasteiger partial charge on any atom is 0.337 e. The van der Waals surface area contributed by atoms with Crippen LogP contribution in [-0.2, 0) is 9.53 Å². The average molecular weight is 204 g/mol. The third-order valence-electron chi connectivity index (χ3n) is 1.91. The summed E-state index contributed by atoms with van der Waals surface area (Å²) in [6.45, 7) is 4.87. The van der Waals surface area contributed by atoms with E-state index in [1.807, 2.05) is 6.92 Å². The van der Waals surface area contributed by atoms with E-state index in [0.29, 0.717) is 6.42 Å². The van der Waals surface area contributed by atoms with Gasteiger partial charge in [-0.2, -0.15) is 0 Å². The highest BCUT2D eigenvalue weighted by Gasteiger charge is 2.31. The van der Waals surface area contributed by atoms with Gasteiger partial charge in [0.1, 0.15) is 6.61 Å². The molecule has 0 bridgehead atoms. The van der Waals surface area contributed by atoms with Gasteiger partial charge >= 0.3 is 5.97 Å². The molecule has 2 N–H and O–H groups in total. The number of hydrogen-bond acceptors (Lipinski definition) is 4. The summed E-state index contributed by atoms with van der Waals surface area (Å²) in [7, 11) is 0. The minimum Gasteiger partial charge on any atom is -0.461 e. The highest BCUT2D eigenvalue weighted by Crippen LogP contribution is 2.15. The van der Waals surface area contributed by atoms with Crippen LogP contribution in [0.5, 0.6) is 0 Å². The molecule has 0 aromatic carbocycles. The third-order valence-corrected chi connectivity index (χ3v) is 1.91. The molecule has 0 aliphatic rings. The zero-order chi connectivity index (χ0) is 11.2. The van der Waals surface area contributed by atoms with E-state index < -0.39 is 17.7 Å². The smallest absolute Gasteiger partial charge is 0.337 e. The molecule has 0 amide bonds. The third kappa shape index (κ3) is 5.19. The second-order valence-electron chi connectivity index (χ2n) is 3.82.